The minimum atomic E-state index is -0.0829. The second-order valence-electron chi connectivity index (χ2n) is 16.1. The zero-order chi connectivity index (χ0) is 33.1. The van der Waals surface area contributed by atoms with E-state index in [0.717, 1.165) is 16.6 Å². The molecule has 11 rings (SSSR count). The number of para-hydroxylation sites is 2. The fourth-order valence-corrected chi connectivity index (χ4v) is 10.9. The number of fused-ring (bicyclic) bond motifs is 12. The topological polar surface area (TPSA) is 21.3 Å². The molecule has 0 atom stereocenters. The van der Waals surface area contributed by atoms with Crippen LogP contribution in [0.1, 0.15) is 62.8 Å². The maximum absolute atomic E-state index is 7.13. The van der Waals surface area contributed by atoms with Crippen molar-refractivity contribution in [1.29, 1.82) is 0 Å². The summed E-state index contributed by atoms with van der Waals surface area (Å²) in [6.45, 7) is 14.2. The lowest BCUT2D eigenvalue weighted by Gasteiger charge is -2.44. The number of furan rings is 1. The number of nitrogens with zero attached hydrogens (tertiary/aromatic N) is 2. The standard InChI is InChI=1S/C44H37BN2OS/c1-24-20-30-26-14-11-15-29-37-28-13-8-10-17-36(28)49-42(37)47(39(26)29)45-38(30)34(21-24)46(40-27-12-7-9-16-35(27)48-41(40)45)33-23-32-31(22-25(33)2)43(3,4)18-19-44(32,5)6/h7-17,20-23H,18-19H2,1-6H3. The van der Waals surface area contributed by atoms with Gasteiger partial charge in [-0.1, -0.05) is 88.4 Å². The molecule has 0 fully saturated rings. The first-order chi connectivity index (χ1) is 23.6. The van der Waals surface area contributed by atoms with E-state index in [0.29, 0.717) is 0 Å². The van der Waals surface area contributed by atoms with E-state index in [2.05, 4.69) is 142 Å². The average Bonchev–Trinajstić information content (AvgIpc) is 3.75. The minimum Gasteiger partial charge on any atom is -0.466 e. The molecule has 5 heterocycles. The predicted molar refractivity (Wildman–Crippen MR) is 210 cm³/mol. The highest BCUT2D eigenvalue weighted by Gasteiger charge is 2.47. The van der Waals surface area contributed by atoms with E-state index < -0.39 is 0 Å². The molecule has 2 aliphatic heterocycles. The van der Waals surface area contributed by atoms with Crippen molar-refractivity contribution in [3.63, 3.8) is 0 Å². The predicted octanol–water partition coefficient (Wildman–Crippen LogP) is 11.1. The molecule has 238 valence electrons. The zero-order valence-electron chi connectivity index (χ0n) is 28.9. The Hall–Kier alpha value is -4.74. The van der Waals surface area contributed by atoms with Crippen LogP contribution >= 0.6 is 11.3 Å². The van der Waals surface area contributed by atoms with E-state index in [1.54, 1.807) is 0 Å². The van der Waals surface area contributed by atoms with Gasteiger partial charge in [0.1, 0.15) is 11.2 Å². The Morgan fingerprint density at radius 1 is 0.714 bits per heavy atom. The SMILES string of the molecule is Cc1cc2c3c(c1)N(c1cc4c(cc1C)C(C)(C)CCC4(C)C)c1c(oc4ccccc14)B3n1c3sc4ccccc4c3c3cccc-2c31. The molecule has 0 N–H and O–H groups in total. The number of anilines is 3. The van der Waals surface area contributed by atoms with Crippen LogP contribution in [0.4, 0.5) is 17.1 Å². The van der Waals surface area contributed by atoms with Crippen molar-refractivity contribution in [2.45, 2.75) is 65.2 Å². The van der Waals surface area contributed by atoms with Gasteiger partial charge in [0, 0.05) is 48.7 Å². The molecule has 0 radical (unpaired) electrons. The van der Waals surface area contributed by atoms with Crippen molar-refractivity contribution in [3.8, 4) is 11.1 Å². The first kappa shape index (κ1) is 28.1. The first-order valence-electron chi connectivity index (χ1n) is 17.7. The third-order valence-corrected chi connectivity index (χ3v) is 13.4. The van der Waals surface area contributed by atoms with Crippen LogP contribution in [0.5, 0.6) is 0 Å². The third kappa shape index (κ3) is 3.44. The molecule has 0 saturated carbocycles. The van der Waals surface area contributed by atoms with Gasteiger partial charge in [-0.25, -0.2) is 0 Å². The van der Waals surface area contributed by atoms with Gasteiger partial charge >= 0.3 is 6.85 Å². The van der Waals surface area contributed by atoms with Crippen LogP contribution in [0.2, 0.25) is 0 Å². The molecule has 1 aliphatic carbocycles. The van der Waals surface area contributed by atoms with Crippen molar-refractivity contribution in [3.05, 3.63) is 113 Å². The van der Waals surface area contributed by atoms with Gasteiger partial charge in [-0.2, -0.15) is 0 Å². The summed E-state index contributed by atoms with van der Waals surface area (Å²) in [6, 6.07) is 34.4. The lowest BCUT2D eigenvalue weighted by Crippen LogP contribution is -2.56. The lowest BCUT2D eigenvalue weighted by molar-refractivity contribution is 0.332. The van der Waals surface area contributed by atoms with Gasteiger partial charge in [-0.15, -0.1) is 11.3 Å². The molecular formula is C44H37BN2OS. The van der Waals surface area contributed by atoms with E-state index >= 15 is 0 Å². The Bertz CT molecular complexity index is 2770. The van der Waals surface area contributed by atoms with Gasteiger partial charge in [0.05, 0.1) is 10.5 Å². The van der Waals surface area contributed by atoms with Gasteiger partial charge in [0.15, 0.2) is 0 Å². The number of thiophene rings is 1. The van der Waals surface area contributed by atoms with Gasteiger partial charge in [-0.3, -0.25) is 0 Å². The van der Waals surface area contributed by atoms with Gasteiger partial charge in [0.25, 0.3) is 0 Å². The van der Waals surface area contributed by atoms with Gasteiger partial charge in [0.2, 0.25) is 0 Å². The van der Waals surface area contributed by atoms with Crippen molar-refractivity contribution in [2.75, 3.05) is 4.90 Å². The number of aromatic nitrogens is 1. The zero-order valence-corrected chi connectivity index (χ0v) is 29.7. The smallest absolute Gasteiger partial charge is 0.376 e. The summed E-state index contributed by atoms with van der Waals surface area (Å²) in [5, 5.41) is 5.19. The van der Waals surface area contributed by atoms with Crippen molar-refractivity contribution in [1.82, 2.24) is 4.48 Å². The molecule has 8 aromatic rings. The van der Waals surface area contributed by atoms with Gasteiger partial charge in [-0.05, 0) is 101 Å². The summed E-state index contributed by atoms with van der Waals surface area (Å²) in [5.41, 5.74) is 16.8. The Kier molecular flexibility index (Phi) is 5.21. The molecule has 3 aromatic heterocycles. The molecule has 49 heavy (non-hydrogen) atoms. The highest BCUT2D eigenvalue weighted by Crippen LogP contribution is 2.53. The van der Waals surface area contributed by atoms with Crippen molar-refractivity contribution in [2.24, 2.45) is 0 Å². The molecular weight excluding hydrogens is 615 g/mol. The number of aryl methyl sites for hydroxylation is 2. The maximum atomic E-state index is 7.13. The summed E-state index contributed by atoms with van der Waals surface area (Å²) >= 11 is 1.91. The largest absolute Gasteiger partial charge is 0.466 e. The molecule has 0 saturated heterocycles. The third-order valence-electron chi connectivity index (χ3n) is 12.2. The summed E-state index contributed by atoms with van der Waals surface area (Å²) < 4.78 is 11.1. The molecule has 0 spiro atoms. The Balaban J connectivity index is 1.30. The summed E-state index contributed by atoms with van der Waals surface area (Å²) in [6.07, 6.45) is 2.39. The number of rotatable bonds is 1. The second kappa shape index (κ2) is 9.08. The molecule has 0 unspecified atom stereocenters. The summed E-state index contributed by atoms with van der Waals surface area (Å²) in [5.74, 6) is 0. The summed E-state index contributed by atoms with van der Waals surface area (Å²) in [7, 11) is 0. The van der Waals surface area contributed by atoms with Crippen molar-refractivity contribution < 1.29 is 4.42 Å². The quantitative estimate of drug-likeness (QED) is 0.165. The summed E-state index contributed by atoms with van der Waals surface area (Å²) in [4.78, 5) is 3.90. The van der Waals surface area contributed by atoms with E-state index in [-0.39, 0.29) is 17.7 Å². The monoisotopic (exact) mass is 652 g/mol. The molecule has 3 aliphatic rings. The molecule has 0 amide bonds. The Labute approximate surface area is 290 Å². The van der Waals surface area contributed by atoms with E-state index in [9.17, 15) is 0 Å². The lowest BCUT2D eigenvalue weighted by atomic mass is 9.47. The molecule has 5 heteroatoms. The fourth-order valence-electron chi connectivity index (χ4n) is 9.67. The highest BCUT2D eigenvalue weighted by atomic mass is 32.1. The molecule has 0 bridgehead atoms. The van der Waals surface area contributed by atoms with E-state index in [4.69, 9.17) is 4.42 Å². The Morgan fingerprint density at radius 3 is 2.24 bits per heavy atom. The van der Waals surface area contributed by atoms with Crippen LogP contribution in [0, 0.1) is 13.8 Å². The number of benzene rings is 5. The fraction of sp³-hybridized carbons (Fsp3) is 0.227. The maximum Gasteiger partial charge on any atom is 0.376 e. The number of hydrogen-bond acceptors (Lipinski definition) is 3. The van der Waals surface area contributed by atoms with Crippen LogP contribution in [0.3, 0.4) is 0 Å². The normalized spacial score (nSPS) is 16.9. The van der Waals surface area contributed by atoms with Crippen LogP contribution in [-0.4, -0.2) is 11.3 Å². The highest BCUT2D eigenvalue weighted by molar-refractivity contribution is 7.26. The average molecular weight is 653 g/mol. The van der Waals surface area contributed by atoms with Gasteiger partial charge < -0.3 is 13.8 Å². The van der Waals surface area contributed by atoms with Crippen LogP contribution < -0.4 is 16.0 Å². The first-order valence-corrected chi connectivity index (χ1v) is 18.5. The van der Waals surface area contributed by atoms with Crippen LogP contribution in [-0.2, 0) is 10.8 Å². The second-order valence-corrected chi connectivity index (χ2v) is 17.1. The van der Waals surface area contributed by atoms with E-state index in [1.165, 1.54) is 100.0 Å². The van der Waals surface area contributed by atoms with E-state index in [1.807, 2.05) is 11.3 Å². The molecule has 5 aromatic carbocycles. The molecule has 3 nitrogen and oxygen atoms in total. The minimum absolute atomic E-state index is 0.0829. The van der Waals surface area contributed by atoms with Crippen LogP contribution in [0.15, 0.2) is 95.4 Å². The number of hydrogen-bond donors (Lipinski definition) is 0. The van der Waals surface area contributed by atoms with Crippen molar-refractivity contribution >= 4 is 88.5 Å². The van der Waals surface area contributed by atoms with Crippen LogP contribution in [0.25, 0.3) is 53.3 Å². The Morgan fingerprint density at radius 2 is 1.43 bits per heavy atom.